The van der Waals surface area contributed by atoms with Crippen molar-refractivity contribution in [1.29, 1.82) is 5.26 Å². The molecule has 2 atom stereocenters. The quantitative estimate of drug-likeness (QED) is 0.862. The second kappa shape index (κ2) is 6.19. The van der Waals surface area contributed by atoms with Gasteiger partial charge >= 0.3 is 0 Å². The maximum Gasteiger partial charge on any atom is 0.123 e. The zero-order valence-corrected chi connectivity index (χ0v) is 10.7. The number of benzene rings is 1. The van der Waals surface area contributed by atoms with E-state index in [1.807, 2.05) is 25.1 Å². The minimum atomic E-state index is -0.236. The van der Waals surface area contributed by atoms with Gasteiger partial charge in [-0.3, -0.25) is 5.32 Å². The SMILES string of the molecule is CC(NC(CO)c1ccco1)c1ccc(C#N)cc1. The summed E-state index contributed by atoms with van der Waals surface area (Å²) in [5, 5.41) is 21.5. The van der Waals surface area contributed by atoms with Crippen molar-refractivity contribution in [2.75, 3.05) is 6.61 Å². The van der Waals surface area contributed by atoms with Crippen molar-refractivity contribution < 1.29 is 9.52 Å². The van der Waals surface area contributed by atoms with Crippen molar-refractivity contribution in [3.8, 4) is 6.07 Å². The third-order valence-electron chi connectivity index (χ3n) is 3.06. The minimum absolute atomic E-state index is 0.0336. The van der Waals surface area contributed by atoms with Crippen LogP contribution in [0.3, 0.4) is 0 Å². The molecule has 2 aromatic rings. The van der Waals surface area contributed by atoms with Gasteiger partial charge in [-0.25, -0.2) is 0 Å². The standard InChI is InChI=1S/C15H16N2O2/c1-11(13-6-4-12(9-16)5-7-13)17-14(10-18)15-3-2-8-19-15/h2-8,11,14,17-18H,10H2,1H3. The van der Waals surface area contributed by atoms with E-state index in [2.05, 4.69) is 11.4 Å². The predicted molar refractivity (Wildman–Crippen MR) is 71.2 cm³/mol. The molecule has 19 heavy (non-hydrogen) atoms. The first-order valence-electron chi connectivity index (χ1n) is 6.15. The van der Waals surface area contributed by atoms with E-state index in [1.54, 1.807) is 24.5 Å². The number of aliphatic hydroxyl groups is 1. The summed E-state index contributed by atoms with van der Waals surface area (Å²) in [4.78, 5) is 0. The molecule has 1 aromatic heterocycles. The summed E-state index contributed by atoms with van der Waals surface area (Å²) in [6, 6.07) is 12.9. The van der Waals surface area contributed by atoms with Crippen molar-refractivity contribution >= 4 is 0 Å². The number of nitrogens with one attached hydrogen (secondary N) is 1. The van der Waals surface area contributed by atoms with Crippen molar-refractivity contribution in [1.82, 2.24) is 5.32 Å². The van der Waals surface area contributed by atoms with E-state index in [0.717, 1.165) is 5.56 Å². The normalized spacial score (nSPS) is 13.7. The molecular formula is C15H16N2O2. The molecule has 4 nitrogen and oxygen atoms in total. The molecule has 2 unspecified atom stereocenters. The van der Waals surface area contributed by atoms with Crippen LogP contribution in [-0.2, 0) is 0 Å². The highest BCUT2D eigenvalue weighted by Crippen LogP contribution is 2.20. The van der Waals surface area contributed by atoms with Crippen LogP contribution in [0, 0.1) is 11.3 Å². The first-order valence-corrected chi connectivity index (χ1v) is 6.15. The molecule has 0 aliphatic carbocycles. The van der Waals surface area contributed by atoms with Crippen molar-refractivity contribution in [2.24, 2.45) is 0 Å². The van der Waals surface area contributed by atoms with E-state index in [4.69, 9.17) is 9.68 Å². The summed E-state index contributed by atoms with van der Waals surface area (Å²) in [5.41, 5.74) is 1.70. The van der Waals surface area contributed by atoms with E-state index >= 15 is 0 Å². The van der Waals surface area contributed by atoms with Crippen molar-refractivity contribution in [2.45, 2.75) is 19.0 Å². The van der Waals surface area contributed by atoms with E-state index in [1.165, 1.54) is 0 Å². The molecule has 0 amide bonds. The van der Waals surface area contributed by atoms with Gasteiger partial charge in [-0.2, -0.15) is 5.26 Å². The van der Waals surface area contributed by atoms with Crippen LogP contribution >= 0.6 is 0 Å². The lowest BCUT2D eigenvalue weighted by atomic mass is 10.1. The molecule has 0 saturated carbocycles. The fraction of sp³-hybridized carbons (Fsp3) is 0.267. The molecular weight excluding hydrogens is 240 g/mol. The van der Waals surface area contributed by atoms with Crippen LogP contribution in [0.4, 0.5) is 0 Å². The third kappa shape index (κ3) is 3.22. The second-order valence-electron chi connectivity index (χ2n) is 4.37. The summed E-state index contributed by atoms with van der Waals surface area (Å²) in [7, 11) is 0. The van der Waals surface area contributed by atoms with Gasteiger partial charge in [0, 0.05) is 6.04 Å². The van der Waals surface area contributed by atoms with Crippen molar-refractivity contribution in [3.63, 3.8) is 0 Å². The lowest BCUT2D eigenvalue weighted by molar-refractivity contribution is 0.217. The Morgan fingerprint density at radius 1 is 1.32 bits per heavy atom. The average molecular weight is 256 g/mol. The number of hydrogen-bond donors (Lipinski definition) is 2. The second-order valence-corrected chi connectivity index (χ2v) is 4.37. The van der Waals surface area contributed by atoms with Gasteiger partial charge in [0.1, 0.15) is 5.76 Å². The topological polar surface area (TPSA) is 69.2 Å². The van der Waals surface area contributed by atoms with Crippen LogP contribution in [0.1, 0.15) is 35.9 Å². The Morgan fingerprint density at radius 3 is 2.58 bits per heavy atom. The molecule has 1 aromatic carbocycles. The summed E-state index contributed by atoms with van der Waals surface area (Å²) in [6.07, 6.45) is 1.59. The van der Waals surface area contributed by atoms with Crippen LogP contribution < -0.4 is 5.32 Å². The Morgan fingerprint density at radius 2 is 2.05 bits per heavy atom. The van der Waals surface area contributed by atoms with Crippen LogP contribution in [0.2, 0.25) is 0 Å². The molecule has 1 heterocycles. The largest absolute Gasteiger partial charge is 0.468 e. The highest BCUT2D eigenvalue weighted by molar-refractivity contribution is 5.32. The minimum Gasteiger partial charge on any atom is -0.468 e. The van der Waals surface area contributed by atoms with Gasteiger partial charge in [-0.15, -0.1) is 0 Å². The van der Waals surface area contributed by atoms with Crippen LogP contribution in [-0.4, -0.2) is 11.7 Å². The lowest BCUT2D eigenvalue weighted by Gasteiger charge is -2.20. The third-order valence-corrected chi connectivity index (χ3v) is 3.06. The smallest absolute Gasteiger partial charge is 0.123 e. The number of nitrogens with zero attached hydrogens (tertiary/aromatic N) is 1. The van der Waals surface area contributed by atoms with Gasteiger partial charge in [-0.1, -0.05) is 12.1 Å². The van der Waals surface area contributed by atoms with Crippen molar-refractivity contribution in [3.05, 3.63) is 59.5 Å². The van der Waals surface area contributed by atoms with E-state index in [-0.39, 0.29) is 18.7 Å². The van der Waals surface area contributed by atoms with Gasteiger partial charge < -0.3 is 9.52 Å². The number of rotatable bonds is 5. The molecule has 0 aliphatic rings. The Kier molecular flexibility index (Phi) is 4.35. The van der Waals surface area contributed by atoms with Gasteiger partial charge in [0.2, 0.25) is 0 Å². The van der Waals surface area contributed by atoms with Gasteiger partial charge in [0.05, 0.1) is 30.5 Å². The molecule has 0 bridgehead atoms. The monoisotopic (exact) mass is 256 g/mol. The number of nitriles is 1. The Balaban J connectivity index is 2.07. The number of furan rings is 1. The Bertz CT molecular complexity index is 541. The molecule has 0 radical (unpaired) electrons. The fourth-order valence-electron chi connectivity index (χ4n) is 1.96. The van der Waals surface area contributed by atoms with Crippen LogP contribution in [0.25, 0.3) is 0 Å². The molecule has 2 rings (SSSR count). The average Bonchev–Trinajstić information content (AvgIpc) is 2.98. The number of aliphatic hydroxyl groups excluding tert-OH is 1. The Hall–Kier alpha value is -2.09. The zero-order chi connectivity index (χ0) is 13.7. The van der Waals surface area contributed by atoms with Gasteiger partial charge in [-0.05, 0) is 36.8 Å². The molecule has 4 heteroatoms. The maximum atomic E-state index is 9.41. The molecule has 0 aliphatic heterocycles. The van der Waals surface area contributed by atoms with Crippen LogP contribution in [0.5, 0.6) is 0 Å². The highest BCUT2D eigenvalue weighted by Gasteiger charge is 2.16. The predicted octanol–water partition coefficient (Wildman–Crippen LogP) is 2.54. The summed E-state index contributed by atoms with van der Waals surface area (Å²) >= 11 is 0. The molecule has 0 saturated heterocycles. The van der Waals surface area contributed by atoms with E-state index < -0.39 is 0 Å². The fourth-order valence-corrected chi connectivity index (χ4v) is 1.96. The summed E-state index contributed by atoms with van der Waals surface area (Å²) < 4.78 is 5.29. The molecule has 98 valence electrons. The summed E-state index contributed by atoms with van der Waals surface area (Å²) in [6.45, 7) is 1.97. The molecule has 2 N–H and O–H groups in total. The lowest BCUT2D eigenvalue weighted by Crippen LogP contribution is -2.27. The van der Waals surface area contributed by atoms with Gasteiger partial charge in [0.15, 0.2) is 0 Å². The zero-order valence-electron chi connectivity index (χ0n) is 10.7. The Labute approximate surface area is 112 Å². The molecule has 0 spiro atoms. The number of hydrogen-bond acceptors (Lipinski definition) is 4. The molecule has 0 fully saturated rings. The van der Waals surface area contributed by atoms with Crippen LogP contribution in [0.15, 0.2) is 47.1 Å². The van der Waals surface area contributed by atoms with E-state index in [9.17, 15) is 5.11 Å². The van der Waals surface area contributed by atoms with Gasteiger partial charge in [0.25, 0.3) is 0 Å². The summed E-state index contributed by atoms with van der Waals surface area (Å²) in [5.74, 6) is 0.711. The van der Waals surface area contributed by atoms with E-state index in [0.29, 0.717) is 11.3 Å². The maximum absolute atomic E-state index is 9.41. The first kappa shape index (κ1) is 13.3. The first-order chi connectivity index (χ1) is 9.24. The highest BCUT2D eigenvalue weighted by atomic mass is 16.3.